The van der Waals surface area contributed by atoms with E-state index in [1.54, 1.807) is 38.1 Å². The fourth-order valence-corrected chi connectivity index (χ4v) is 1.54. The quantitative estimate of drug-likeness (QED) is 0.575. The third-order valence-corrected chi connectivity index (χ3v) is 2.57. The molecule has 2 rings (SSSR count). The molecule has 0 amide bonds. The first kappa shape index (κ1) is 13.9. The Balaban J connectivity index is 2.32. The number of nitrogens with one attached hydrogen (secondary N) is 2. The maximum Gasteiger partial charge on any atom is 0.243 e. The Bertz CT molecular complexity index is 615. The van der Waals surface area contributed by atoms with Crippen LogP contribution in [0.5, 0.6) is 0 Å². The summed E-state index contributed by atoms with van der Waals surface area (Å²) in [6.45, 7) is 1.69. The molecule has 1 aromatic carbocycles. The lowest BCUT2D eigenvalue weighted by molar-refractivity contribution is 0.619. The minimum Gasteiger partial charge on any atom is -0.347 e. The fraction of sp³-hybridized carbons (Fsp3) is 0.250. The van der Waals surface area contributed by atoms with Crippen molar-refractivity contribution in [2.75, 3.05) is 29.7 Å². The Hall–Kier alpha value is -2.48. The third-order valence-electron chi connectivity index (χ3n) is 2.57. The van der Waals surface area contributed by atoms with Gasteiger partial charge in [0.1, 0.15) is 5.82 Å². The van der Waals surface area contributed by atoms with E-state index in [-0.39, 0.29) is 11.8 Å². The van der Waals surface area contributed by atoms with Gasteiger partial charge in [-0.15, -0.1) is 0 Å². The van der Waals surface area contributed by atoms with Crippen molar-refractivity contribution in [1.82, 2.24) is 15.0 Å². The molecule has 0 fully saturated rings. The molecule has 0 aliphatic rings. The lowest BCUT2D eigenvalue weighted by Crippen LogP contribution is -2.18. The van der Waals surface area contributed by atoms with Crippen LogP contribution in [-0.4, -0.2) is 29.0 Å². The number of anilines is 4. The van der Waals surface area contributed by atoms with Crippen molar-refractivity contribution in [2.24, 2.45) is 5.84 Å². The van der Waals surface area contributed by atoms with E-state index < -0.39 is 0 Å². The number of aromatic nitrogens is 3. The van der Waals surface area contributed by atoms with Crippen molar-refractivity contribution in [3.8, 4) is 0 Å². The highest BCUT2D eigenvalue weighted by Crippen LogP contribution is 2.18. The molecule has 0 unspecified atom stereocenters. The molecule has 4 N–H and O–H groups in total. The molecule has 0 spiro atoms. The molecule has 2 aromatic rings. The maximum absolute atomic E-state index is 13.2. The number of hydrogen-bond acceptors (Lipinski definition) is 7. The van der Waals surface area contributed by atoms with Crippen LogP contribution in [0.3, 0.4) is 0 Å². The normalized spacial score (nSPS) is 10.2. The first-order valence-electron chi connectivity index (χ1n) is 5.93. The van der Waals surface area contributed by atoms with E-state index in [0.29, 0.717) is 23.1 Å². The fourth-order valence-electron chi connectivity index (χ4n) is 1.54. The van der Waals surface area contributed by atoms with Crippen LogP contribution in [0.1, 0.15) is 5.56 Å². The molecule has 0 aliphatic heterocycles. The molecule has 0 bridgehead atoms. The number of nitrogen functional groups attached to an aromatic ring is 1. The predicted octanol–water partition coefficient (Wildman–Crippen LogP) is 1.41. The van der Waals surface area contributed by atoms with Gasteiger partial charge in [-0.2, -0.15) is 15.0 Å². The maximum atomic E-state index is 13.2. The summed E-state index contributed by atoms with van der Waals surface area (Å²) in [6, 6.07) is 4.66. The van der Waals surface area contributed by atoms with Gasteiger partial charge in [0.25, 0.3) is 0 Å². The van der Waals surface area contributed by atoms with Crippen molar-refractivity contribution >= 4 is 23.5 Å². The van der Waals surface area contributed by atoms with Crippen LogP contribution < -0.4 is 21.5 Å². The van der Waals surface area contributed by atoms with E-state index in [0.717, 1.165) is 0 Å². The highest BCUT2D eigenvalue weighted by molar-refractivity contribution is 5.56. The van der Waals surface area contributed by atoms with Gasteiger partial charge in [0.05, 0.1) is 0 Å². The number of nitrogens with zero attached hydrogens (tertiary/aromatic N) is 4. The molecular weight excluding hydrogens is 261 g/mol. The molecule has 0 atom stereocenters. The highest BCUT2D eigenvalue weighted by atomic mass is 19.1. The molecule has 7 nitrogen and oxygen atoms in total. The first-order valence-corrected chi connectivity index (χ1v) is 5.93. The summed E-state index contributed by atoms with van der Waals surface area (Å²) in [7, 11) is 3.61. The Morgan fingerprint density at radius 3 is 2.45 bits per heavy atom. The molecule has 8 heteroatoms. The first-order chi connectivity index (χ1) is 9.49. The number of nitrogens with two attached hydrogens (primary N) is 1. The van der Waals surface area contributed by atoms with Crippen molar-refractivity contribution in [3.05, 3.63) is 29.6 Å². The van der Waals surface area contributed by atoms with Gasteiger partial charge in [-0.3, -0.25) is 5.43 Å². The number of hydrogen-bond donors (Lipinski definition) is 3. The molecule has 20 heavy (non-hydrogen) atoms. The molecule has 0 aliphatic carbocycles. The van der Waals surface area contributed by atoms with Gasteiger partial charge in [-0.05, 0) is 30.7 Å². The van der Waals surface area contributed by atoms with Gasteiger partial charge in [-0.1, -0.05) is 0 Å². The van der Waals surface area contributed by atoms with Crippen LogP contribution >= 0.6 is 0 Å². The van der Waals surface area contributed by atoms with Crippen LogP contribution in [0.4, 0.5) is 27.9 Å². The van der Waals surface area contributed by atoms with E-state index in [1.807, 2.05) is 0 Å². The smallest absolute Gasteiger partial charge is 0.243 e. The second kappa shape index (κ2) is 5.66. The molecule has 106 valence electrons. The van der Waals surface area contributed by atoms with Gasteiger partial charge in [0.15, 0.2) is 0 Å². The van der Waals surface area contributed by atoms with Gasteiger partial charge in [-0.25, -0.2) is 10.2 Å². The zero-order chi connectivity index (χ0) is 14.7. The van der Waals surface area contributed by atoms with Crippen LogP contribution in [0.2, 0.25) is 0 Å². The number of aryl methyl sites for hydroxylation is 1. The van der Waals surface area contributed by atoms with E-state index in [2.05, 4.69) is 25.7 Å². The molecular formula is C12H16FN7. The summed E-state index contributed by atoms with van der Waals surface area (Å²) in [5.41, 5.74) is 3.60. The Morgan fingerprint density at radius 2 is 1.85 bits per heavy atom. The summed E-state index contributed by atoms with van der Waals surface area (Å²) in [6.07, 6.45) is 0. The molecule has 0 saturated heterocycles. The summed E-state index contributed by atoms with van der Waals surface area (Å²) in [5.74, 6) is 6.08. The average molecular weight is 277 g/mol. The van der Waals surface area contributed by atoms with E-state index in [4.69, 9.17) is 5.84 Å². The minimum absolute atomic E-state index is 0.241. The van der Waals surface area contributed by atoms with Crippen LogP contribution in [-0.2, 0) is 0 Å². The third kappa shape index (κ3) is 3.09. The molecule has 0 saturated carbocycles. The van der Waals surface area contributed by atoms with Crippen molar-refractivity contribution < 1.29 is 4.39 Å². The molecule has 1 aromatic heterocycles. The van der Waals surface area contributed by atoms with Gasteiger partial charge < -0.3 is 10.2 Å². The SMILES string of the molecule is Cc1cc(Nc2nc(NN)nc(N(C)C)n2)ccc1F. The standard InChI is InChI=1S/C12H16FN7/c1-7-6-8(4-5-9(7)13)15-10-16-11(19-14)18-12(17-10)20(2)3/h4-6H,14H2,1-3H3,(H2,15,16,17,18,19). The van der Waals surface area contributed by atoms with Crippen LogP contribution in [0, 0.1) is 12.7 Å². The van der Waals surface area contributed by atoms with Gasteiger partial charge >= 0.3 is 0 Å². The van der Waals surface area contributed by atoms with Crippen LogP contribution in [0.25, 0.3) is 0 Å². The lowest BCUT2D eigenvalue weighted by atomic mass is 10.2. The lowest BCUT2D eigenvalue weighted by Gasteiger charge is -2.13. The summed E-state index contributed by atoms with van der Waals surface area (Å²) < 4.78 is 13.2. The average Bonchev–Trinajstić information content (AvgIpc) is 2.42. The Kier molecular flexibility index (Phi) is 3.94. The zero-order valence-electron chi connectivity index (χ0n) is 11.5. The van der Waals surface area contributed by atoms with Gasteiger partial charge in [0.2, 0.25) is 17.8 Å². The summed E-state index contributed by atoms with van der Waals surface area (Å²) >= 11 is 0. The number of halogens is 1. The zero-order valence-corrected chi connectivity index (χ0v) is 11.5. The summed E-state index contributed by atoms with van der Waals surface area (Å²) in [5, 5.41) is 2.99. The highest BCUT2D eigenvalue weighted by Gasteiger charge is 2.08. The van der Waals surface area contributed by atoms with E-state index in [9.17, 15) is 4.39 Å². The second-order valence-corrected chi connectivity index (χ2v) is 4.41. The predicted molar refractivity (Wildman–Crippen MR) is 76.4 cm³/mol. The van der Waals surface area contributed by atoms with Gasteiger partial charge in [0, 0.05) is 19.8 Å². The van der Waals surface area contributed by atoms with Crippen LogP contribution in [0.15, 0.2) is 18.2 Å². The largest absolute Gasteiger partial charge is 0.347 e. The number of benzene rings is 1. The van der Waals surface area contributed by atoms with Crippen molar-refractivity contribution in [1.29, 1.82) is 0 Å². The molecule has 0 radical (unpaired) electrons. The Labute approximate surface area is 116 Å². The van der Waals surface area contributed by atoms with Crippen molar-refractivity contribution in [3.63, 3.8) is 0 Å². The van der Waals surface area contributed by atoms with E-state index >= 15 is 0 Å². The summed E-state index contributed by atoms with van der Waals surface area (Å²) in [4.78, 5) is 14.1. The minimum atomic E-state index is -0.260. The molecule has 1 heterocycles. The van der Waals surface area contributed by atoms with E-state index in [1.165, 1.54) is 6.07 Å². The number of rotatable bonds is 4. The number of hydrazine groups is 1. The van der Waals surface area contributed by atoms with Crippen molar-refractivity contribution in [2.45, 2.75) is 6.92 Å². The Morgan fingerprint density at radius 1 is 1.15 bits per heavy atom. The second-order valence-electron chi connectivity index (χ2n) is 4.41. The monoisotopic (exact) mass is 277 g/mol. The topological polar surface area (TPSA) is 92.0 Å².